The Hall–Kier alpha value is -3.20. The summed E-state index contributed by atoms with van der Waals surface area (Å²) < 4.78 is 7.09. The maximum Gasteiger partial charge on any atom is 0.253 e. The largest absolute Gasteiger partial charge is 0.378 e. The number of benzene rings is 1. The lowest BCUT2D eigenvalue weighted by atomic mass is 10.1. The fourth-order valence-electron chi connectivity index (χ4n) is 4.06. The van der Waals surface area contributed by atoms with Gasteiger partial charge >= 0.3 is 0 Å². The Labute approximate surface area is 174 Å². The van der Waals surface area contributed by atoms with Crippen LogP contribution in [0.1, 0.15) is 16.8 Å². The van der Waals surface area contributed by atoms with Crippen LogP contribution in [0.4, 0.5) is 11.5 Å². The van der Waals surface area contributed by atoms with Gasteiger partial charge in [0.25, 0.3) is 5.91 Å². The molecule has 0 aliphatic carbocycles. The third-order valence-corrected chi connectivity index (χ3v) is 5.75. The van der Waals surface area contributed by atoms with E-state index in [-0.39, 0.29) is 5.91 Å². The fourth-order valence-corrected chi connectivity index (χ4v) is 4.06. The molecule has 30 heavy (non-hydrogen) atoms. The van der Waals surface area contributed by atoms with Crippen LogP contribution in [0.25, 0.3) is 5.65 Å². The van der Waals surface area contributed by atoms with Crippen LogP contribution in [0.5, 0.6) is 0 Å². The number of carbonyl (C=O) groups is 1. The molecule has 9 heteroatoms. The lowest BCUT2D eigenvalue weighted by molar-refractivity contribution is 0.0767. The molecule has 2 aliphatic rings. The molecular formula is C21H25N7O2. The van der Waals surface area contributed by atoms with Gasteiger partial charge in [0.1, 0.15) is 12.1 Å². The number of rotatable bonds is 3. The van der Waals surface area contributed by atoms with Crippen molar-refractivity contribution in [2.45, 2.75) is 6.42 Å². The second-order valence-corrected chi connectivity index (χ2v) is 7.60. The van der Waals surface area contributed by atoms with Crippen LogP contribution in [-0.4, -0.2) is 83.1 Å². The third-order valence-electron chi connectivity index (χ3n) is 5.75. The number of ether oxygens (including phenoxy) is 1. The van der Waals surface area contributed by atoms with E-state index in [2.05, 4.69) is 25.1 Å². The molecule has 0 spiro atoms. The van der Waals surface area contributed by atoms with Gasteiger partial charge in [-0.15, -0.1) is 15.3 Å². The predicted molar refractivity (Wildman–Crippen MR) is 113 cm³/mol. The SMILES string of the molecule is O=C(c1ccc(N2CCOCC2)cc1)N1CCCN(c2ccc3nncn3n2)CC1. The van der Waals surface area contributed by atoms with Gasteiger partial charge in [0.15, 0.2) is 5.65 Å². The molecule has 0 unspecified atom stereocenters. The summed E-state index contributed by atoms with van der Waals surface area (Å²) in [5, 5.41) is 12.5. The van der Waals surface area contributed by atoms with Gasteiger partial charge in [-0.2, -0.15) is 4.52 Å². The van der Waals surface area contributed by atoms with Crippen molar-refractivity contribution >= 4 is 23.1 Å². The number of carbonyl (C=O) groups excluding carboxylic acids is 1. The predicted octanol–water partition coefficient (Wildman–Crippen LogP) is 1.31. The van der Waals surface area contributed by atoms with Crippen molar-refractivity contribution in [2.75, 3.05) is 62.3 Å². The van der Waals surface area contributed by atoms with Crippen LogP contribution in [-0.2, 0) is 4.74 Å². The van der Waals surface area contributed by atoms with E-state index in [1.165, 1.54) is 0 Å². The molecule has 0 atom stereocenters. The topological polar surface area (TPSA) is 79.1 Å². The van der Waals surface area contributed by atoms with Crippen LogP contribution in [0.2, 0.25) is 0 Å². The lowest BCUT2D eigenvalue weighted by Gasteiger charge is -2.29. The number of morpholine rings is 1. The van der Waals surface area contributed by atoms with Crippen molar-refractivity contribution in [3.63, 3.8) is 0 Å². The minimum absolute atomic E-state index is 0.0904. The second-order valence-electron chi connectivity index (χ2n) is 7.60. The molecule has 1 amide bonds. The Kier molecular flexibility index (Phi) is 5.18. The molecule has 4 heterocycles. The smallest absolute Gasteiger partial charge is 0.253 e. The number of fused-ring (bicyclic) bond motifs is 1. The minimum atomic E-state index is 0.0904. The first-order valence-corrected chi connectivity index (χ1v) is 10.4. The summed E-state index contributed by atoms with van der Waals surface area (Å²) >= 11 is 0. The minimum Gasteiger partial charge on any atom is -0.378 e. The molecule has 0 radical (unpaired) electrons. The highest BCUT2D eigenvalue weighted by molar-refractivity contribution is 5.94. The van der Waals surface area contributed by atoms with E-state index in [9.17, 15) is 4.79 Å². The maximum absolute atomic E-state index is 13.1. The Morgan fingerprint density at radius 1 is 0.867 bits per heavy atom. The molecule has 2 aromatic heterocycles. The molecule has 9 nitrogen and oxygen atoms in total. The fraction of sp³-hybridized carbons (Fsp3) is 0.429. The molecule has 2 saturated heterocycles. The highest BCUT2D eigenvalue weighted by Gasteiger charge is 2.22. The summed E-state index contributed by atoms with van der Waals surface area (Å²) in [5.41, 5.74) is 2.61. The van der Waals surface area contributed by atoms with Gasteiger partial charge in [-0.3, -0.25) is 4.79 Å². The van der Waals surface area contributed by atoms with Gasteiger partial charge in [0, 0.05) is 50.5 Å². The monoisotopic (exact) mass is 407 g/mol. The number of amides is 1. The number of hydrogen-bond donors (Lipinski definition) is 0. The summed E-state index contributed by atoms with van der Waals surface area (Å²) in [4.78, 5) is 19.5. The molecule has 0 bridgehead atoms. The van der Waals surface area contributed by atoms with E-state index in [4.69, 9.17) is 4.74 Å². The van der Waals surface area contributed by atoms with Gasteiger partial charge in [-0.05, 0) is 42.8 Å². The number of aromatic nitrogens is 4. The van der Waals surface area contributed by atoms with E-state index < -0.39 is 0 Å². The van der Waals surface area contributed by atoms with Crippen molar-refractivity contribution < 1.29 is 9.53 Å². The van der Waals surface area contributed by atoms with Crippen molar-refractivity contribution in [3.05, 3.63) is 48.3 Å². The van der Waals surface area contributed by atoms with Crippen molar-refractivity contribution in [3.8, 4) is 0 Å². The van der Waals surface area contributed by atoms with Crippen LogP contribution >= 0.6 is 0 Å². The van der Waals surface area contributed by atoms with Crippen LogP contribution < -0.4 is 9.80 Å². The van der Waals surface area contributed by atoms with Gasteiger partial charge in [-0.1, -0.05) is 0 Å². The quantitative estimate of drug-likeness (QED) is 0.648. The summed E-state index contributed by atoms with van der Waals surface area (Å²) in [7, 11) is 0. The lowest BCUT2D eigenvalue weighted by Crippen LogP contribution is -2.36. The molecule has 2 aliphatic heterocycles. The standard InChI is InChI=1S/C21H25N7O2/c29-21(17-2-4-18(5-3-17)25-12-14-30-15-13-25)27-9-1-8-26(10-11-27)20-7-6-19-23-22-16-28(19)24-20/h2-7,16H,1,8-15H2. The van der Waals surface area contributed by atoms with E-state index in [0.717, 1.165) is 75.1 Å². The molecule has 1 aromatic carbocycles. The number of anilines is 2. The molecule has 3 aromatic rings. The molecule has 0 N–H and O–H groups in total. The second kappa shape index (κ2) is 8.27. The summed E-state index contributed by atoms with van der Waals surface area (Å²) in [6.07, 6.45) is 2.51. The molecule has 5 rings (SSSR count). The average molecular weight is 407 g/mol. The zero-order valence-corrected chi connectivity index (χ0v) is 16.9. The summed E-state index contributed by atoms with van der Waals surface area (Å²) in [6.45, 7) is 6.32. The van der Waals surface area contributed by atoms with Gasteiger partial charge < -0.3 is 19.4 Å². The molecule has 2 fully saturated rings. The first-order valence-electron chi connectivity index (χ1n) is 10.4. The zero-order chi connectivity index (χ0) is 20.3. The first kappa shape index (κ1) is 18.8. The summed E-state index contributed by atoms with van der Waals surface area (Å²) in [6, 6.07) is 11.8. The average Bonchev–Trinajstić information content (AvgIpc) is 3.14. The Bertz CT molecular complexity index is 1010. The molecule has 156 valence electrons. The maximum atomic E-state index is 13.1. The zero-order valence-electron chi connectivity index (χ0n) is 16.9. The van der Waals surface area contributed by atoms with Crippen LogP contribution in [0.15, 0.2) is 42.7 Å². The first-order chi connectivity index (χ1) is 14.8. The molecular weight excluding hydrogens is 382 g/mol. The van der Waals surface area contributed by atoms with Crippen LogP contribution in [0.3, 0.4) is 0 Å². The Morgan fingerprint density at radius 3 is 2.53 bits per heavy atom. The van der Waals surface area contributed by atoms with E-state index >= 15 is 0 Å². The van der Waals surface area contributed by atoms with Gasteiger partial charge in [0.05, 0.1) is 13.2 Å². The molecule has 0 saturated carbocycles. The van der Waals surface area contributed by atoms with Crippen molar-refractivity contribution in [1.82, 2.24) is 24.7 Å². The van der Waals surface area contributed by atoms with Crippen LogP contribution in [0, 0.1) is 0 Å². The Morgan fingerprint density at radius 2 is 1.70 bits per heavy atom. The number of nitrogens with zero attached hydrogens (tertiary/aromatic N) is 7. The van der Waals surface area contributed by atoms with E-state index in [0.29, 0.717) is 6.54 Å². The van der Waals surface area contributed by atoms with E-state index in [1.54, 1.807) is 10.8 Å². The summed E-state index contributed by atoms with van der Waals surface area (Å²) in [5.74, 6) is 0.971. The van der Waals surface area contributed by atoms with E-state index in [1.807, 2.05) is 41.3 Å². The third kappa shape index (κ3) is 3.80. The van der Waals surface area contributed by atoms with Crippen molar-refractivity contribution in [1.29, 1.82) is 0 Å². The normalized spacial score (nSPS) is 17.9. The Balaban J connectivity index is 1.24. The highest BCUT2D eigenvalue weighted by atomic mass is 16.5. The van der Waals surface area contributed by atoms with Crippen molar-refractivity contribution in [2.24, 2.45) is 0 Å². The van der Waals surface area contributed by atoms with Gasteiger partial charge in [-0.25, -0.2) is 0 Å². The number of hydrogen-bond acceptors (Lipinski definition) is 7. The van der Waals surface area contributed by atoms with Gasteiger partial charge in [0.2, 0.25) is 0 Å². The highest BCUT2D eigenvalue weighted by Crippen LogP contribution is 2.19.